The molecule has 0 aliphatic rings. The number of hydrogen-bond acceptors (Lipinski definition) is 3. The van der Waals surface area contributed by atoms with E-state index in [0.717, 1.165) is 44.3 Å². The molecule has 0 aliphatic heterocycles. The van der Waals surface area contributed by atoms with E-state index < -0.39 is 0 Å². The minimum atomic E-state index is 0.627. The van der Waals surface area contributed by atoms with E-state index in [2.05, 4.69) is 77.4 Å². The van der Waals surface area contributed by atoms with Gasteiger partial charge >= 0.3 is 0 Å². The van der Waals surface area contributed by atoms with Crippen LogP contribution in [0.25, 0.3) is 61.0 Å². The molecule has 0 saturated carbocycles. The molecule has 0 unspecified atom stereocenters. The third kappa shape index (κ3) is 3.45. The molecule has 0 N–H and O–H groups in total. The summed E-state index contributed by atoms with van der Waals surface area (Å²) >= 11 is 0. The van der Waals surface area contributed by atoms with Gasteiger partial charge in [-0.1, -0.05) is 66.7 Å². The molecule has 0 radical (unpaired) electrons. The summed E-state index contributed by atoms with van der Waals surface area (Å²) in [5, 5.41) is 12.6. The molecule has 0 bridgehead atoms. The van der Waals surface area contributed by atoms with Crippen molar-refractivity contribution in [3.63, 3.8) is 0 Å². The second-order valence-electron chi connectivity index (χ2n) is 9.02. The molecule has 4 heteroatoms. The number of aromatic nitrogens is 3. The molecule has 2 aromatic heterocycles. The third-order valence-electron chi connectivity index (χ3n) is 6.84. The summed E-state index contributed by atoms with van der Waals surface area (Å²) < 4.78 is 2.30. The van der Waals surface area contributed by atoms with Crippen LogP contribution in [0.4, 0.5) is 0 Å². The van der Waals surface area contributed by atoms with Crippen molar-refractivity contribution in [2.45, 2.75) is 0 Å². The monoisotopic (exact) mass is 472 g/mol. The first-order valence-corrected chi connectivity index (χ1v) is 12.2. The Morgan fingerprint density at radius 1 is 0.568 bits per heavy atom. The summed E-state index contributed by atoms with van der Waals surface area (Å²) in [6, 6.07) is 43.2. The SMILES string of the molecule is N#Cc1ccc(-c2nc(-c3ccc4c(c3)c3ccccc3n4-c3ccccc3)nc3ccccc23)cc1. The molecular formula is C33H20N4. The van der Waals surface area contributed by atoms with Gasteiger partial charge in [-0.05, 0) is 54.6 Å². The molecule has 5 aromatic carbocycles. The Bertz CT molecular complexity index is 1980. The van der Waals surface area contributed by atoms with Gasteiger partial charge in [0.05, 0.1) is 33.9 Å². The number of rotatable bonds is 3. The highest BCUT2D eigenvalue weighted by Gasteiger charge is 2.15. The van der Waals surface area contributed by atoms with Crippen LogP contribution in [-0.4, -0.2) is 14.5 Å². The molecule has 2 heterocycles. The summed E-state index contributed by atoms with van der Waals surface area (Å²) in [6.07, 6.45) is 0. The molecule has 0 fully saturated rings. The molecule has 172 valence electrons. The van der Waals surface area contributed by atoms with E-state index in [4.69, 9.17) is 9.97 Å². The van der Waals surface area contributed by atoms with Gasteiger partial charge in [-0.25, -0.2) is 9.97 Å². The topological polar surface area (TPSA) is 54.5 Å². The molecule has 0 spiro atoms. The highest BCUT2D eigenvalue weighted by Crippen LogP contribution is 2.35. The van der Waals surface area contributed by atoms with E-state index in [1.54, 1.807) is 0 Å². The molecule has 37 heavy (non-hydrogen) atoms. The van der Waals surface area contributed by atoms with E-state index in [0.29, 0.717) is 11.4 Å². The Kier molecular flexibility index (Phi) is 4.80. The summed E-state index contributed by atoms with van der Waals surface area (Å²) in [6.45, 7) is 0. The lowest BCUT2D eigenvalue weighted by molar-refractivity contribution is 1.18. The van der Waals surface area contributed by atoms with Crippen LogP contribution >= 0.6 is 0 Å². The van der Waals surface area contributed by atoms with E-state index in [1.807, 2.05) is 54.6 Å². The number of benzene rings is 5. The molecule has 0 saturated heterocycles. The molecule has 0 amide bonds. The Morgan fingerprint density at radius 3 is 2.05 bits per heavy atom. The number of nitriles is 1. The van der Waals surface area contributed by atoms with E-state index >= 15 is 0 Å². The smallest absolute Gasteiger partial charge is 0.160 e. The maximum Gasteiger partial charge on any atom is 0.160 e. The Balaban J connectivity index is 1.47. The highest BCUT2D eigenvalue weighted by molar-refractivity contribution is 6.10. The maximum atomic E-state index is 9.22. The molecule has 7 rings (SSSR count). The first kappa shape index (κ1) is 21.0. The second-order valence-corrected chi connectivity index (χ2v) is 9.02. The van der Waals surface area contributed by atoms with E-state index in [1.165, 1.54) is 10.9 Å². The fraction of sp³-hybridized carbons (Fsp3) is 0. The Hall–Kier alpha value is -5.27. The van der Waals surface area contributed by atoms with Gasteiger partial charge in [-0.15, -0.1) is 0 Å². The predicted molar refractivity (Wildman–Crippen MR) is 149 cm³/mol. The van der Waals surface area contributed by atoms with Gasteiger partial charge in [0.1, 0.15) is 0 Å². The van der Waals surface area contributed by atoms with Gasteiger partial charge in [0.25, 0.3) is 0 Å². The van der Waals surface area contributed by atoms with E-state index in [-0.39, 0.29) is 0 Å². The van der Waals surface area contributed by atoms with Crippen LogP contribution < -0.4 is 0 Å². The van der Waals surface area contributed by atoms with Gasteiger partial charge in [0, 0.05) is 33.0 Å². The largest absolute Gasteiger partial charge is 0.309 e. The van der Waals surface area contributed by atoms with Crippen molar-refractivity contribution < 1.29 is 0 Å². The quantitative estimate of drug-likeness (QED) is 0.262. The van der Waals surface area contributed by atoms with Crippen LogP contribution in [0.15, 0.2) is 121 Å². The average molecular weight is 473 g/mol. The van der Waals surface area contributed by atoms with Crippen molar-refractivity contribution in [3.8, 4) is 34.4 Å². The van der Waals surface area contributed by atoms with Crippen molar-refractivity contribution in [1.82, 2.24) is 14.5 Å². The average Bonchev–Trinajstić information content (AvgIpc) is 3.31. The van der Waals surface area contributed by atoms with Crippen molar-refractivity contribution >= 4 is 32.7 Å². The van der Waals surface area contributed by atoms with Crippen molar-refractivity contribution in [3.05, 3.63) is 127 Å². The van der Waals surface area contributed by atoms with Crippen LogP contribution in [0.1, 0.15) is 5.56 Å². The van der Waals surface area contributed by atoms with Gasteiger partial charge in [-0.3, -0.25) is 0 Å². The fourth-order valence-electron chi connectivity index (χ4n) is 5.10. The van der Waals surface area contributed by atoms with Gasteiger partial charge in [0.15, 0.2) is 5.82 Å². The van der Waals surface area contributed by atoms with Crippen LogP contribution in [0, 0.1) is 11.3 Å². The normalized spacial score (nSPS) is 11.2. The van der Waals surface area contributed by atoms with Gasteiger partial charge in [0.2, 0.25) is 0 Å². The number of para-hydroxylation sites is 3. The lowest BCUT2D eigenvalue weighted by Crippen LogP contribution is -1.96. The van der Waals surface area contributed by atoms with Crippen LogP contribution in [0.2, 0.25) is 0 Å². The van der Waals surface area contributed by atoms with Gasteiger partial charge < -0.3 is 4.57 Å². The third-order valence-corrected chi connectivity index (χ3v) is 6.84. The maximum absolute atomic E-state index is 9.22. The van der Waals surface area contributed by atoms with Crippen LogP contribution in [0.5, 0.6) is 0 Å². The molecule has 0 aliphatic carbocycles. The first-order chi connectivity index (χ1) is 18.3. The molecule has 7 aromatic rings. The summed E-state index contributed by atoms with van der Waals surface area (Å²) in [4.78, 5) is 9.99. The second kappa shape index (κ2) is 8.44. The minimum absolute atomic E-state index is 0.627. The predicted octanol–water partition coefficient (Wildman–Crippen LogP) is 7.93. The van der Waals surface area contributed by atoms with Crippen molar-refractivity contribution in [2.24, 2.45) is 0 Å². The zero-order valence-corrected chi connectivity index (χ0v) is 19.8. The lowest BCUT2D eigenvalue weighted by Gasteiger charge is -2.10. The Labute approximate surface area is 213 Å². The van der Waals surface area contributed by atoms with Crippen molar-refractivity contribution in [1.29, 1.82) is 5.26 Å². The number of fused-ring (bicyclic) bond motifs is 4. The molecule has 4 nitrogen and oxygen atoms in total. The lowest BCUT2D eigenvalue weighted by atomic mass is 10.0. The Morgan fingerprint density at radius 2 is 1.24 bits per heavy atom. The van der Waals surface area contributed by atoms with Crippen LogP contribution in [0.3, 0.4) is 0 Å². The standard InChI is InChI=1S/C33H20N4/c34-21-22-14-16-23(17-15-22)32-27-11-4-6-12-29(27)35-33(36-32)24-18-19-31-28(20-24)26-10-5-7-13-30(26)37(31)25-8-2-1-3-9-25/h1-20H. The van der Waals surface area contributed by atoms with Crippen LogP contribution in [-0.2, 0) is 0 Å². The highest BCUT2D eigenvalue weighted by atomic mass is 15.0. The van der Waals surface area contributed by atoms with E-state index in [9.17, 15) is 5.26 Å². The summed E-state index contributed by atoms with van der Waals surface area (Å²) in [5.41, 5.74) is 7.73. The molecule has 0 atom stereocenters. The van der Waals surface area contributed by atoms with Crippen molar-refractivity contribution in [2.75, 3.05) is 0 Å². The zero-order valence-electron chi connectivity index (χ0n) is 19.8. The molecular weight excluding hydrogens is 452 g/mol. The zero-order chi connectivity index (χ0) is 24.8. The number of hydrogen-bond donors (Lipinski definition) is 0. The number of nitrogens with zero attached hydrogens (tertiary/aromatic N) is 4. The summed E-state index contributed by atoms with van der Waals surface area (Å²) in [5.74, 6) is 0.677. The fourth-order valence-corrected chi connectivity index (χ4v) is 5.10. The minimum Gasteiger partial charge on any atom is -0.309 e. The van der Waals surface area contributed by atoms with Gasteiger partial charge in [-0.2, -0.15) is 5.26 Å². The first-order valence-electron chi connectivity index (χ1n) is 12.2. The summed E-state index contributed by atoms with van der Waals surface area (Å²) in [7, 11) is 0.